The summed E-state index contributed by atoms with van der Waals surface area (Å²) < 4.78 is 0. The highest BCUT2D eigenvalue weighted by Crippen LogP contribution is 2.24. The Hall–Kier alpha value is -1.30. The average Bonchev–Trinajstić information content (AvgIpc) is 2.38. The van der Waals surface area contributed by atoms with E-state index in [1.165, 1.54) is 0 Å². The monoisotopic (exact) mass is 310 g/mol. The van der Waals surface area contributed by atoms with E-state index in [1.54, 1.807) is 18.2 Å². The standard InChI is InChI=1S/C15H23ClN4O/c1-15(2)10-20(7-6-19(15)3)9-14(21)18-13-8-11(17)4-5-12(13)16/h4-5,8H,6-7,9-10,17H2,1-3H3,(H,18,21). The number of rotatable bonds is 3. The molecule has 0 aromatic heterocycles. The number of nitrogens with one attached hydrogen (secondary N) is 1. The second kappa shape index (κ2) is 6.22. The second-order valence-corrected chi connectivity index (χ2v) is 6.64. The van der Waals surface area contributed by atoms with E-state index in [4.69, 9.17) is 17.3 Å². The highest BCUT2D eigenvalue weighted by atomic mass is 35.5. The Morgan fingerprint density at radius 1 is 1.43 bits per heavy atom. The molecule has 1 fully saturated rings. The summed E-state index contributed by atoms with van der Waals surface area (Å²) in [6.07, 6.45) is 0. The Morgan fingerprint density at radius 2 is 2.14 bits per heavy atom. The van der Waals surface area contributed by atoms with Gasteiger partial charge in [-0.2, -0.15) is 0 Å². The van der Waals surface area contributed by atoms with Crippen LogP contribution in [-0.4, -0.2) is 54.5 Å². The fraction of sp³-hybridized carbons (Fsp3) is 0.533. The molecule has 1 aromatic carbocycles. The largest absolute Gasteiger partial charge is 0.399 e. The number of carbonyl (C=O) groups is 1. The molecule has 1 amide bonds. The zero-order chi connectivity index (χ0) is 15.6. The maximum absolute atomic E-state index is 12.2. The van der Waals surface area contributed by atoms with E-state index in [2.05, 4.69) is 36.0 Å². The van der Waals surface area contributed by atoms with Gasteiger partial charge in [-0.15, -0.1) is 0 Å². The van der Waals surface area contributed by atoms with Crippen molar-refractivity contribution in [1.29, 1.82) is 0 Å². The van der Waals surface area contributed by atoms with Crippen LogP contribution < -0.4 is 11.1 Å². The summed E-state index contributed by atoms with van der Waals surface area (Å²) in [4.78, 5) is 16.6. The maximum atomic E-state index is 12.2. The lowest BCUT2D eigenvalue weighted by Gasteiger charge is -2.45. The van der Waals surface area contributed by atoms with Crippen LogP contribution in [0.3, 0.4) is 0 Å². The SMILES string of the molecule is CN1CCN(CC(=O)Nc2cc(N)ccc2Cl)CC1(C)C. The van der Waals surface area contributed by atoms with Crippen molar-refractivity contribution in [2.24, 2.45) is 0 Å². The number of likely N-dealkylation sites (N-methyl/N-ethyl adjacent to an activating group) is 1. The van der Waals surface area contributed by atoms with Gasteiger partial charge in [-0.1, -0.05) is 11.6 Å². The topological polar surface area (TPSA) is 61.6 Å². The third kappa shape index (κ3) is 4.09. The Kier molecular flexibility index (Phi) is 4.76. The fourth-order valence-corrected chi connectivity index (χ4v) is 2.67. The number of hydrogen-bond donors (Lipinski definition) is 2. The number of piperazine rings is 1. The van der Waals surface area contributed by atoms with Crippen LogP contribution in [0.15, 0.2) is 18.2 Å². The van der Waals surface area contributed by atoms with Gasteiger partial charge in [0.25, 0.3) is 0 Å². The molecule has 1 aliphatic heterocycles. The molecule has 116 valence electrons. The Bertz CT molecular complexity index is 532. The van der Waals surface area contributed by atoms with Crippen molar-refractivity contribution < 1.29 is 4.79 Å². The summed E-state index contributed by atoms with van der Waals surface area (Å²) in [6.45, 7) is 7.44. The number of nitrogen functional groups attached to an aromatic ring is 1. The predicted molar refractivity (Wildman–Crippen MR) is 87.6 cm³/mol. The van der Waals surface area contributed by atoms with Crippen molar-refractivity contribution in [3.8, 4) is 0 Å². The third-order valence-corrected chi connectivity index (χ3v) is 4.36. The van der Waals surface area contributed by atoms with Crippen molar-refractivity contribution in [3.63, 3.8) is 0 Å². The molecule has 1 saturated heterocycles. The molecule has 0 unspecified atom stereocenters. The maximum Gasteiger partial charge on any atom is 0.238 e. The van der Waals surface area contributed by atoms with Gasteiger partial charge in [0.1, 0.15) is 0 Å². The minimum Gasteiger partial charge on any atom is -0.399 e. The number of amides is 1. The number of carbonyl (C=O) groups excluding carboxylic acids is 1. The molecular weight excluding hydrogens is 288 g/mol. The van der Waals surface area contributed by atoms with Crippen LogP contribution in [0, 0.1) is 0 Å². The number of hydrogen-bond acceptors (Lipinski definition) is 4. The number of nitrogens with zero attached hydrogens (tertiary/aromatic N) is 2. The summed E-state index contributed by atoms with van der Waals surface area (Å²) in [5.74, 6) is -0.0668. The molecule has 2 rings (SSSR count). The first kappa shape index (κ1) is 16.1. The second-order valence-electron chi connectivity index (χ2n) is 6.23. The lowest BCUT2D eigenvalue weighted by atomic mass is 10.00. The van der Waals surface area contributed by atoms with Gasteiger partial charge in [-0.25, -0.2) is 0 Å². The lowest BCUT2D eigenvalue weighted by molar-refractivity contribution is -0.118. The van der Waals surface area contributed by atoms with Crippen LogP contribution in [0.1, 0.15) is 13.8 Å². The van der Waals surface area contributed by atoms with Gasteiger partial charge in [-0.05, 0) is 39.1 Å². The first-order valence-corrected chi connectivity index (χ1v) is 7.44. The smallest absolute Gasteiger partial charge is 0.238 e. The number of anilines is 2. The Balaban J connectivity index is 1.95. The lowest BCUT2D eigenvalue weighted by Crippen LogP contribution is -2.58. The summed E-state index contributed by atoms with van der Waals surface area (Å²) in [5.41, 5.74) is 6.93. The highest BCUT2D eigenvalue weighted by Gasteiger charge is 2.31. The molecule has 0 radical (unpaired) electrons. The van der Waals surface area contributed by atoms with Gasteiger partial charge < -0.3 is 11.1 Å². The van der Waals surface area contributed by atoms with Gasteiger partial charge in [-0.3, -0.25) is 14.6 Å². The van der Waals surface area contributed by atoms with Crippen LogP contribution in [0.5, 0.6) is 0 Å². The van der Waals surface area contributed by atoms with Crippen LogP contribution in [0.25, 0.3) is 0 Å². The van der Waals surface area contributed by atoms with Gasteiger partial charge in [0.15, 0.2) is 0 Å². The average molecular weight is 311 g/mol. The van der Waals surface area contributed by atoms with E-state index in [0.29, 0.717) is 22.9 Å². The van der Waals surface area contributed by atoms with Crippen molar-refractivity contribution in [2.45, 2.75) is 19.4 Å². The molecule has 0 atom stereocenters. The Morgan fingerprint density at radius 3 is 2.81 bits per heavy atom. The van der Waals surface area contributed by atoms with E-state index in [1.807, 2.05) is 0 Å². The van der Waals surface area contributed by atoms with E-state index >= 15 is 0 Å². The molecule has 0 bridgehead atoms. The normalized spacial score (nSPS) is 19.4. The summed E-state index contributed by atoms with van der Waals surface area (Å²) in [7, 11) is 2.12. The van der Waals surface area contributed by atoms with Crippen LogP contribution in [0.4, 0.5) is 11.4 Å². The molecule has 1 aromatic rings. The Labute approximate surface area is 131 Å². The molecule has 1 aliphatic rings. The van der Waals surface area contributed by atoms with Gasteiger partial charge >= 0.3 is 0 Å². The molecule has 21 heavy (non-hydrogen) atoms. The zero-order valence-corrected chi connectivity index (χ0v) is 13.6. The van der Waals surface area contributed by atoms with Gasteiger partial charge in [0.05, 0.1) is 17.3 Å². The zero-order valence-electron chi connectivity index (χ0n) is 12.8. The van der Waals surface area contributed by atoms with Crippen molar-refractivity contribution in [1.82, 2.24) is 9.80 Å². The molecule has 1 heterocycles. The van der Waals surface area contributed by atoms with Crippen molar-refractivity contribution >= 4 is 28.9 Å². The first-order valence-electron chi connectivity index (χ1n) is 7.06. The molecular formula is C15H23ClN4O. The molecule has 5 nitrogen and oxygen atoms in total. The minimum atomic E-state index is -0.0668. The fourth-order valence-electron chi connectivity index (χ4n) is 2.51. The van der Waals surface area contributed by atoms with Crippen LogP contribution in [-0.2, 0) is 4.79 Å². The molecule has 0 saturated carbocycles. The van der Waals surface area contributed by atoms with E-state index in [9.17, 15) is 4.79 Å². The van der Waals surface area contributed by atoms with Crippen molar-refractivity contribution in [3.05, 3.63) is 23.2 Å². The van der Waals surface area contributed by atoms with E-state index in [0.717, 1.165) is 19.6 Å². The number of nitrogens with two attached hydrogens (primary N) is 1. The van der Waals surface area contributed by atoms with Gasteiger partial charge in [0.2, 0.25) is 5.91 Å². The van der Waals surface area contributed by atoms with Crippen molar-refractivity contribution in [2.75, 3.05) is 44.3 Å². The minimum absolute atomic E-state index is 0.0668. The van der Waals surface area contributed by atoms with Crippen LogP contribution in [0.2, 0.25) is 5.02 Å². The highest BCUT2D eigenvalue weighted by molar-refractivity contribution is 6.33. The quantitative estimate of drug-likeness (QED) is 0.837. The molecule has 0 spiro atoms. The summed E-state index contributed by atoms with van der Waals surface area (Å²) in [5, 5.41) is 3.33. The molecule has 0 aliphatic carbocycles. The summed E-state index contributed by atoms with van der Waals surface area (Å²) >= 11 is 6.06. The third-order valence-electron chi connectivity index (χ3n) is 4.03. The molecule has 6 heteroatoms. The first-order chi connectivity index (χ1) is 9.78. The van der Waals surface area contributed by atoms with Gasteiger partial charge in [0, 0.05) is 30.9 Å². The van der Waals surface area contributed by atoms with E-state index < -0.39 is 0 Å². The van der Waals surface area contributed by atoms with E-state index in [-0.39, 0.29) is 11.4 Å². The molecule has 3 N–H and O–H groups in total. The number of halogens is 1. The number of benzene rings is 1. The predicted octanol–water partition coefficient (Wildman–Crippen LogP) is 1.89. The van der Waals surface area contributed by atoms with Crippen LogP contribution >= 0.6 is 11.6 Å². The summed E-state index contributed by atoms with van der Waals surface area (Å²) in [6, 6.07) is 5.07.